The van der Waals surface area contributed by atoms with Gasteiger partial charge < -0.3 is 15.0 Å². The zero-order chi connectivity index (χ0) is 13.6. The monoisotopic (exact) mass is 266 g/mol. The zero-order valence-electron chi connectivity index (χ0n) is 12.3. The van der Waals surface area contributed by atoms with E-state index in [2.05, 4.69) is 19.2 Å². The van der Waals surface area contributed by atoms with Gasteiger partial charge in [0.1, 0.15) is 0 Å². The van der Waals surface area contributed by atoms with E-state index in [1.807, 2.05) is 11.9 Å². The lowest BCUT2D eigenvalue weighted by molar-refractivity contribution is -0.189. The Kier molecular flexibility index (Phi) is 3.24. The number of rotatable bonds is 3. The molecule has 0 radical (unpaired) electrons. The Hall–Kier alpha value is -0.770. The number of nitrogens with zero attached hydrogens (tertiary/aromatic N) is 1. The summed E-state index contributed by atoms with van der Waals surface area (Å²) in [5, 5.41) is 3.25. The summed E-state index contributed by atoms with van der Waals surface area (Å²) in [5.41, 5.74) is 0.0706. The third-order valence-corrected chi connectivity index (χ3v) is 5.19. The van der Waals surface area contributed by atoms with E-state index in [-0.39, 0.29) is 17.5 Å². The highest BCUT2D eigenvalue weighted by molar-refractivity contribution is 5.74. The summed E-state index contributed by atoms with van der Waals surface area (Å²) in [6.07, 6.45) is 5.21. The fourth-order valence-electron chi connectivity index (χ4n) is 3.83. The van der Waals surface area contributed by atoms with Crippen molar-refractivity contribution < 1.29 is 9.53 Å². The van der Waals surface area contributed by atoms with Gasteiger partial charge in [0.25, 0.3) is 0 Å². The zero-order valence-corrected chi connectivity index (χ0v) is 12.3. The van der Waals surface area contributed by atoms with E-state index in [9.17, 15) is 4.79 Å². The molecular formula is C15H26N2O2. The molecule has 3 rings (SSSR count). The predicted molar refractivity (Wildman–Crippen MR) is 73.9 cm³/mol. The van der Waals surface area contributed by atoms with Gasteiger partial charge in [0.15, 0.2) is 0 Å². The highest BCUT2D eigenvalue weighted by atomic mass is 16.5. The number of ether oxygens (including phenoxy) is 1. The minimum Gasteiger partial charge on any atom is -0.377 e. The lowest BCUT2D eigenvalue weighted by Crippen LogP contribution is -2.70. The number of fused-ring (bicyclic) bond motifs is 1. The van der Waals surface area contributed by atoms with Gasteiger partial charge in [-0.3, -0.25) is 0 Å². The van der Waals surface area contributed by atoms with E-state index >= 15 is 0 Å². The van der Waals surface area contributed by atoms with Crippen molar-refractivity contribution in [2.75, 3.05) is 20.2 Å². The summed E-state index contributed by atoms with van der Waals surface area (Å²) in [7, 11) is 1.91. The average molecular weight is 266 g/mol. The molecule has 0 spiro atoms. The summed E-state index contributed by atoms with van der Waals surface area (Å²) >= 11 is 0. The molecule has 0 aromatic heterocycles. The van der Waals surface area contributed by atoms with Crippen molar-refractivity contribution in [2.24, 2.45) is 17.3 Å². The van der Waals surface area contributed by atoms with Crippen molar-refractivity contribution in [3.63, 3.8) is 0 Å². The Morgan fingerprint density at radius 2 is 2.11 bits per heavy atom. The second-order valence-corrected chi connectivity index (χ2v) is 7.17. The summed E-state index contributed by atoms with van der Waals surface area (Å²) in [4.78, 5) is 14.1. The van der Waals surface area contributed by atoms with Crippen LogP contribution >= 0.6 is 0 Å². The first kappa shape index (κ1) is 13.2. The fraction of sp³-hybridized carbons (Fsp3) is 0.933. The second kappa shape index (κ2) is 4.65. The van der Waals surface area contributed by atoms with E-state index in [1.54, 1.807) is 0 Å². The van der Waals surface area contributed by atoms with Gasteiger partial charge in [0.05, 0.1) is 6.10 Å². The molecule has 3 aliphatic rings. The first-order valence-electron chi connectivity index (χ1n) is 7.63. The molecule has 2 amide bonds. The van der Waals surface area contributed by atoms with Crippen LogP contribution in [-0.4, -0.2) is 43.3 Å². The molecule has 1 N–H and O–H groups in total. The number of hydrogen-bond acceptors (Lipinski definition) is 2. The number of nitrogens with one attached hydrogen (secondary N) is 1. The van der Waals surface area contributed by atoms with Crippen molar-refractivity contribution in [1.82, 2.24) is 10.2 Å². The van der Waals surface area contributed by atoms with Crippen LogP contribution in [0.25, 0.3) is 0 Å². The number of carbonyl (C=O) groups is 1. The van der Waals surface area contributed by atoms with Crippen LogP contribution in [-0.2, 0) is 4.74 Å². The normalized spacial score (nSPS) is 36.1. The van der Waals surface area contributed by atoms with Gasteiger partial charge in [0.2, 0.25) is 0 Å². The van der Waals surface area contributed by atoms with E-state index in [0.717, 1.165) is 25.5 Å². The molecule has 0 aromatic rings. The Labute approximate surface area is 115 Å². The van der Waals surface area contributed by atoms with Crippen molar-refractivity contribution >= 4 is 6.03 Å². The molecule has 0 aromatic carbocycles. The van der Waals surface area contributed by atoms with Crippen LogP contribution in [0.1, 0.15) is 39.5 Å². The average Bonchev–Trinajstić information content (AvgIpc) is 3.19. The molecular weight excluding hydrogens is 240 g/mol. The second-order valence-electron chi connectivity index (χ2n) is 7.17. The minimum atomic E-state index is 0.0706. The van der Waals surface area contributed by atoms with Crippen LogP contribution in [0.4, 0.5) is 4.79 Å². The van der Waals surface area contributed by atoms with Crippen molar-refractivity contribution in [3.8, 4) is 0 Å². The highest BCUT2D eigenvalue weighted by Gasteiger charge is 2.58. The topological polar surface area (TPSA) is 41.6 Å². The minimum absolute atomic E-state index is 0.0706. The molecule has 1 saturated heterocycles. The molecule has 0 bridgehead atoms. The number of hydrogen-bond donors (Lipinski definition) is 1. The molecule has 2 saturated carbocycles. The Bertz CT molecular complexity index is 365. The molecule has 1 aliphatic heterocycles. The van der Waals surface area contributed by atoms with Crippen molar-refractivity contribution in [3.05, 3.63) is 0 Å². The summed E-state index contributed by atoms with van der Waals surface area (Å²) in [6, 6.07) is 0.362. The molecule has 4 heteroatoms. The summed E-state index contributed by atoms with van der Waals surface area (Å²) in [5.74, 6) is 1.26. The van der Waals surface area contributed by atoms with E-state index in [1.165, 1.54) is 19.3 Å². The molecule has 2 aliphatic carbocycles. The van der Waals surface area contributed by atoms with Gasteiger partial charge in [-0.25, -0.2) is 4.79 Å². The third kappa shape index (κ3) is 2.35. The first-order valence-corrected chi connectivity index (χ1v) is 7.63. The molecule has 3 unspecified atom stereocenters. The van der Waals surface area contributed by atoms with Crippen LogP contribution in [0.2, 0.25) is 0 Å². The maximum Gasteiger partial charge on any atom is 0.317 e. The maximum atomic E-state index is 12.2. The Morgan fingerprint density at radius 3 is 2.79 bits per heavy atom. The first-order chi connectivity index (χ1) is 9.00. The fourth-order valence-corrected chi connectivity index (χ4v) is 3.83. The van der Waals surface area contributed by atoms with E-state index < -0.39 is 0 Å². The largest absolute Gasteiger partial charge is 0.377 e. The SMILES string of the molecule is CN(CC1CC1)C(=O)NC1C2CCCOC2C1(C)C. The molecule has 108 valence electrons. The molecule has 1 heterocycles. The van der Waals surface area contributed by atoms with Crippen LogP contribution in [0, 0.1) is 17.3 Å². The summed E-state index contributed by atoms with van der Waals surface area (Å²) < 4.78 is 5.87. The molecule has 19 heavy (non-hydrogen) atoms. The Morgan fingerprint density at radius 1 is 1.37 bits per heavy atom. The smallest absolute Gasteiger partial charge is 0.317 e. The molecule has 3 atom stereocenters. The van der Waals surface area contributed by atoms with Crippen LogP contribution in [0.5, 0.6) is 0 Å². The lowest BCUT2D eigenvalue weighted by Gasteiger charge is -2.59. The van der Waals surface area contributed by atoms with Gasteiger partial charge in [-0.15, -0.1) is 0 Å². The van der Waals surface area contributed by atoms with Gasteiger partial charge in [-0.05, 0) is 31.6 Å². The molecule has 3 fully saturated rings. The van der Waals surface area contributed by atoms with Gasteiger partial charge >= 0.3 is 6.03 Å². The van der Waals surface area contributed by atoms with Crippen LogP contribution < -0.4 is 5.32 Å². The lowest BCUT2D eigenvalue weighted by atomic mass is 9.55. The van der Waals surface area contributed by atoms with E-state index in [4.69, 9.17) is 4.74 Å². The summed E-state index contributed by atoms with van der Waals surface area (Å²) in [6.45, 7) is 6.22. The third-order valence-electron chi connectivity index (χ3n) is 5.19. The number of amides is 2. The number of carbonyl (C=O) groups excluding carboxylic acids is 1. The number of urea groups is 1. The van der Waals surface area contributed by atoms with Gasteiger partial charge in [-0.2, -0.15) is 0 Å². The van der Waals surface area contributed by atoms with E-state index in [0.29, 0.717) is 12.0 Å². The predicted octanol–water partition coefficient (Wildman–Crippen LogP) is 2.24. The maximum absolute atomic E-state index is 12.2. The van der Waals surface area contributed by atoms with Gasteiger partial charge in [0, 0.05) is 37.6 Å². The quantitative estimate of drug-likeness (QED) is 0.851. The van der Waals surface area contributed by atoms with Crippen molar-refractivity contribution in [2.45, 2.75) is 51.7 Å². The highest BCUT2D eigenvalue weighted by Crippen LogP contribution is 2.51. The Balaban J connectivity index is 1.57. The van der Waals surface area contributed by atoms with Crippen molar-refractivity contribution in [1.29, 1.82) is 0 Å². The van der Waals surface area contributed by atoms with Gasteiger partial charge in [-0.1, -0.05) is 13.8 Å². The van der Waals surface area contributed by atoms with Crippen LogP contribution in [0.15, 0.2) is 0 Å². The standard InChI is InChI=1S/C15H26N2O2/c1-15(2)12(11-5-4-8-19-13(11)15)16-14(18)17(3)9-10-6-7-10/h10-13H,4-9H2,1-3H3,(H,16,18). The molecule has 4 nitrogen and oxygen atoms in total. The van der Waals surface area contributed by atoms with Crippen LogP contribution in [0.3, 0.4) is 0 Å².